The molecular formula is C13H19N5O3. The number of hydrogen-bond acceptors (Lipinski definition) is 4. The van der Waals surface area contributed by atoms with E-state index >= 15 is 0 Å². The lowest BCUT2D eigenvalue weighted by molar-refractivity contribution is -0.137. The van der Waals surface area contributed by atoms with Gasteiger partial charge in [-0.1, -0.05) is 0 Å². The fourth-order valence-corrected chi connectivity index (χ4v) is 3.12. The van der Waals surface area contributed by atoms with E-state index in [1.54, 1.807) is 0 Å². The second-order valence-corrected chi connectivity index (χ2v) is 5.66. The Balaban J connectivity index is 1.52. The van der Waals surface area contributed by atoms with Crippen LogP contribution in [0.4, 0.5) is 10.5 Å². The summed E-state index contributed by atoms with van der Waals surface area (Å²) in [6, 6.07) is -0.0646. The van der Waals surface area contributed by atoms with Crippen molar-refractivity contribution in [2.45, 2.75) is 25.4 Å². The summed E-state index contributed by atoms with van der Waals surface area (Å²) >= 11 is 0. The molecule has 0 spiro atoms. The van der Waals surface area contributed by atoms with Gasteiger partial charge < -0.3 is 20.6 Å². The number of amides is 2. The van der Waals surface area contributed by atoms with E-state index in [4.69, 9.17) is 5.11 Å². The highest BCUT2D eigenvalue weighted by atomic mass is 16.4. The van der Waals surface area contributed by atoms with Crippen molar-refractivity contribution in [2.75, 3.05) is 25.0 Å². The zero-order chi connectivity index (χ0) is 14.8. The van der Waals surface area contributed by atoms with E-state index < -0.39 is 5.97 Å². The molecule has 3 N–H and O–H groups in total. The number of piperidine rings is 3. The highest BCUT2D eigenvalue weighted by molar-refractivity contribution is 5.89. The second-order valence-electron chi connectivity index (χ2n) is 5.66. The van der Waals surface area contributed by atoms with E-state index in [0.717, 1.165) is 32.5 Å². The zero-order valence-electron chi connectivity index (χ0n) is 11.7. The molecule has 4 rings (SSSR count). The predicted octanol–water partition coefficient (Wildman–Crippen LogP) is 0.183. The van der Waals surface area contributed by atoms with Crippen LogP contribution in [0, 0.1) is 5.92 Å². The van der Waals surface area contributed by atoms with Gasteiger partial charge >= 0.3 is 12.0 Å². The quantitative estimate of drug-likeness (QED) is 0.735. The van der Waals surface area contributed by atoms with Crippen LogP contribution in [-0.2, 0) is 11.3 Å². The van der Waals surface area contributed by atoms with Gasteiger partial charge in [-0.05, 0) is 31.8 Å². The highest BCUT2D eigenvalue weighted by Crippen LogP contribution is 2.27. The third kappa shape index (κ3) is 3.33. The van der Waals surface area contributed by atoms with E-state index in [0.29, 0.717) is 11.6 Å². The van der Waals surface area contributed by atoms with Gasteiger partial charge in [-0.2, -0.15) is 5.10 Å². The maximum atomic E-state index is 12.0. The van der Waals surface area contributed by atoms with Gasteiger partial charge in [-0.15, -0.1) is 0 Å². The molecule has 2 bridgehead atoms. The minimum atomic E-state index is -0.971. The fraction of sp³-hybridized carbons (Fsp3) is 0.615. The number of carboxylic acids is 1. The number of aromatic nitrogens is 2. The van der Waals surface area contributed by atoms with Gasteiger partial charge in [-0.25, -0.2) is 4.79 Å². The monoisotopic (exact) mass is 293 g/mol. The number of carboxylic acid groups (broad SMARTS) is 1. The molecule has 0 saturated carbocycles. The third-order valence-electron chi connectivity index (χ3n) is 4.16. The summed E-state index contributed by atoms with van der Waals surface area (Å²) in [5.74, 6) is -0.406. The number of carbonyl (C=O) groups excluding carboxylic acids is 1. The maximum absolute atomic E-state index is 12.0. The summed E-state index contributed by atoms with van der Waals surface area (Å²) in [5.41, 5.74) is 0.495. The SMILES string of the molecule is O=C(O)Cn1cc(NC(=O)NC2CN3CCC2CC3)cn1. The first-order chi connectivity index (χ1) is 10.1. The first-order valence-corrected chi connectivity index (χ1v) is 7.14. The molecule has 1 aromatic rings. The summed E-state index contributed by atoms with van der Waals surface area (Å²) in [4.78, 5) is 24.9. The molecular weight excluding hydrogens is 274 g/mol. The Labute approximate surface area is 122 Å². The van der Waals surface area contributed by atoms with Crippen LogP contribution in [0.25, 0.3) is 0 Å². The molecule has 0 aliphatic carbocycles. The minimum absolute atomic E-state index is 0.196. The first kappa shape index (κ1) is 13.9. The van der Waals surface area contributed by atoms with Crippen molar-refractivity contribution in [1.29, 1.82) is 0 Å². The second kappa shape index (κ2) is 5.72. The largest absolute Gasteiger partial charge is 0.480 e. The number of rotatable bonds is 4. The Hall–Kier alpha value is -2.09. The molecule has 1 unspecified atom stereocenters. The molecule has 8 nitrogen and oxygen atoms in total. The molecule has 3 saturated heterocycles. The molecule has 0 radical (unpaired) electrons. The van der Waals surface area contributed by atoms with E-state index in [1.807, 2.05) is 0 Å². The molecule has 1 atom stereocenters. The average molecular weight is 293 g/mol. The number of hydrogen-bond donors (Lipinski definition) is 3. The van der Waals surface area contributed by atoms with Gasteiger partial charge in [0.25, 0.3) is 0 Å². The van der Waals surface area contributed by atoms with Crippen LogP contribution in [0.3, 0.4) is 0 Å². The Morgan fingerprint density at radius 2 is 2.14 bits per heavy atom. The number of nitrogens with one attached hydrogen (secondary N) is 2. The third-order valence-corrected chi connectivity index (χ3v) is 4.16. The highest BCUT2D eigenvalue weighted by Gasteiger charge is 2.34. The smallest absolute Gasteiger partial charge is 0.325 e. The zero-order valence-corrected chi connectivity index (χ0v) is 11.7. The van der Waals surface area contributed by atoms with Crippen LogP contribution in [0.1, 0.15) is 12.8 Å². The van der Waals surface area contributed by atoms with E-state index in [2.05, 4.69) is 20.6 Å². The summed E-state index contributed by atoms with van der Waals surface area (Å²) < 4.78 is 1.27. The van der Waals surface area contributed by atoms with Gasteiger partial charge in [0.1, 0.15) is 6.54 Å². The number of carbonyl (C=O) groups is 2. The van der Waals surface area contributed by atoms with Gasteiger partial charge in [0.2, 0.25) is 0 Å². The molecule has 114 valence electrons. The Bertz CT molecular complexity index is 536. The number of urea groups is 1. The first-order valence-electron chi connectivity index (χ1n) is 7.14. The topological polar surface area (TPSA) is 99.5 Å². The Kier molecular flexibility index (Phi) is 3.78. The summed E-state index contributed by atoms with van der Waals surface area (Å²) in [7, 11) is 0. The van der Waals surface area contributed by atoms with E-state index in [1.165, 1.54) is 17.1 Å². The molecule has 2 amide bonds. The van der Waals surface area contributed by atoms with Crippen molar-refractivity contribution in [2.24, 2.45) is 5.92 Å². The molecule has 4 heterocycles. The molecule has 21 heavy (non-hydrogen) atoms. The van der Waals surface area contributed by atoms with Crippen LogP contribution in [-0.4, -0.2) is 57.5 Å². The van der Waals surface area contributed by atoms with Crippen molar-refractivity contribution in [1.82, 2.24) is 20.0 Å². The standard InChI is InChI=1S/C13H19N5O3/c19-12(20)8-18-6-10(5-14-18)15-13(21)16-11-7-17-3-1-9(11)2-4-17/h5-6,9,11H,1-4,7-8H2,(H,19,20)(H2,15,16,21). The van der Waals surface area contributed by atoms with Crippen molar-refractivity contribution < 1.29 is 14.7 Å². The maximum Gasteiger partial charge on any atom is 0.325 e. The van der Waals surface area contributed by atoms with Crippen LogP contribution >= 0.6 is 0 Å². The van der Waals surface area contributed by atoms with Crippen LogP contribution in [0.15, 0.2) is 12.4 Å². The minimum Gasteiger partial charge on any atom is -0.480 e. The lowest BCUT2D eigenvalue weighted by Gasteiger charge is -2.44. The van der Waals surface area contributed by atoms with Crippen molar-refractivity contribution in [3.05, 3.63) is 12.4 Å². The fourth-order valence-electron chi connectivity index (χ4n) is 3.12. The van der Waals surface area contributed by atoms with E-state index in [9.17, 15) is 9.59 Å². The lowest BCUT2D eigenvalue weighted by atomic mass is 9.84. The average Bonchev–Trinajstić information content (AvgIpc) is 2.86. The Morgan fingerprint density at radius 3 is 2.76 bits per heavy atom. The van der Waals surface area contributed by atoms with Crippen LogP contribution in [0.5, 0.6) is 0 Å². The summed E-state index contributed by atoms with van der Waals surface area (Å²) in [5, 5.41) is 18.3. The van der Waals surface area contributed by atoms with Crippen molar-refractivity contribution in [3.8, 4) is 0 Å². The van der Waals surface area contributed by atoms with Crippen molar-refractivity contribution >= 4 is 17.7 Å². The van der Waals surface area contributed by atoms with Gasteiger partial charge in [0, 0.05) is 18.8 Å². The summed E-state index contributed by atoms with van der Waals surface area (Å²) in [6.07, 6.45) is 5.23. The van der Waals surface area contributed by atoms with Crippen molar-refractivity contribution in [3.63, 3.8) is 0 Å². The summed E-state index contributed by atoms with van der Waals surface area (Å²) in [6.45, 7) is 2.96. The number of aliphatic carboxylic acids is 1. The molecule has 8 heteroatoms. The molecule has 1 aromatic heterocycles. The van der Waals surface area contributed by atoms with E-state index in [-0.39, 0.29) is 18.6 Å². The predicted molar refractivity (Wildman–Crippen MR) is 75.0 cm³/mol. The number of nitrogens with zero attached hydrogens (tertiary/aromatic N) is 3. The normalized spacial score (nSPS) is 27.3. The molecule has 3 aliphatic heterocycles. The number of anilines is 1. The van der Waals surface area contributed by atoms with Gasteiger partial charge in [-0.3, -0.25) is 9.48 Å². The molecule has 0 aromatic carbocycles. The molecule has 3 aliphatic rings. The lowest BCUT2D eigenvalue weighted by Crippen LogP contribution is -2.57. The van der Waals surface area contributed by atoms with Crippen LogP contribution in [0.2, 0.25) is 0 Å². The van der Waals surface area contributed by atoms with Gasteiger partial charge in [0.15, 0.2) is 0 Å². The van der Waals surface area contributed by atoms with Crippen LogP contribution < -0.4 is 10.6 Å². The Morgan fingerprint density at radius 1 is 1.38 bits per heavy atom. The van der Waals surface area contributed by atoms with Gasteiger partial charge in [0.05, 0.1) is 11.9 Å². The molecule has 3 fully saturated rings. The number of fused-ring (bicyclic) bond motifs is 3.